The van der Waals surface area contributed by atoms with E-state index in [2.05, 4.69) is 27.3 Å². The van der Waals surface area contributed by atoms with E-state index in [1.807, 2.05) is 12.7 Å². The van der Waals surface area contributed by atoms with Crippen molar-refractivity contribution in [3.8, 4) is 5.69 Å². The van der Waals surface area contributed by atoms with Gasteiger partial charge < -0.3 is 0 Å². The van der Waals surface area contributed by atoms with Gasteiger partial charge in [0.25, 0.3) is 0 Å². The summed E-state index contributed by atoms with van der Waals surface area (Å²) < 4.78 is 4.52. The second kappa shape index (κ2) is 7.08. The van der Waals surface area contributed by atoms with Crippen LogP contribution < -0.4 is 4.68 Å². The van der Waals surface area contributed by atoms with Crippen LogP contribution >= 0.6 is 0 Å². The molecule has 3 nitrogen and oxygen atoms in total. The molecule has 24 heavy (non-hydrogen) atoms. The fourth-order valence-electron chi connectivity index (χ4n) is 4.57. The van der Waals surface area contributed by atoms with Gasteiger partial charge in [-0.05, 0) is 66.3 Å². The monoisotopic (exact) mass is 324 g/mol. The zero-order chi connectivity index (χ0) is 16.4. The summed E-state index contributed by atoms with van der Waals surface area (Å²) in [5.74, 6) is 0. The second-order valence-corrected chi connectivity index (χ2v) is 7.55. The molecule has 0 fully saturated rings. The Morgan fingerprint density at radius 3 is 2.71 bits per heavy atom. The SMILES string of the molecule is CCCCCCCCc1cc2c(c3c1CCCC3)-n1cnc[n+]1C2. The van der Waals surface area contributed by atoms with Gasteiger partial charge in [-0.1, -0.05) is 39.0 Å². The Morgan fingerprint density at radius 2 is 1.83 bits per heavy atom. The number of rotatable bonds is 7. The first-order valence-corrected chi connectivity index (χ1v) is 9.97. The van der Waals surface area contributed by atoms with Crippen molar-refractivity contribution < 1.29 is 4.68 Å². The summed E-state index contributed by atoms with van der Waals surface area (Å²) in [5, 5.41) is 0. The maximum Gasteiger partial charge on any atom is 0.307 e. The molecule has 128 valence electrons. The summed E-state index contributed by atoms with van der Waals surface area (Å²) in [5.41, 5.74) is 7.92. The normalized spacial score (nSPS) is 15.2. The Bertz CT molecular complexity index is 714. The number of fused-ring (bicyclic) bond motifs is 5. The van der Waals surface area contributed by atoms with Crippen LogP contribution in [0, 0.1) is 0 Å². The molecule has 2 aliphatic rings. The quantitative estimate of drug-likeness (QED) is 0.469. The lowest BCUT2D eigenvalue weighted by Gasteiger charge is -2.22. The van der Waals surface area contributed by atoms with Crippen molar-refractivity contribution in [3.63, 3.8) is 0 Å². The van der Waals surface area contributed by atoms with Crippen molar-refractivity contribution in [1.29, 1.82) is 0 Å². The van der Waals surface area contributed by atoms with Crippen molar-refractivity contribution in [2.24, 2.45) is 0 Å². The molecule has 0 N–H and O–H groups in total. The first-order chi connectivity index (χ1) is 11.9. The van der Waals surface area contributed by atoms with Gasteiger partial charge >= 0.3 is 6.33 Å². The standard InChI is InChI=1S/C21H30N3/c1-2-3-4-5-6-7-10-17-13-18-14-23-15-22-16-24(23)21(18)20-12-9-8-11-19(17)20/h13,15-16H,2-12,14H2,1H3/q+1. The molecule has 0 spiro atoms. The molecule has 0 unspecified atom stereocenters. The van der Waals surface area contributed by atoms with Crippen molar-refractivity contribution >= 4 is 0 Å². The van der Waals surface area contributed by atoms with Crippen LogP contribution in [0.5, 0.6) is 0 Å². The third-order valence-corrected chi connectivity index (χ3v) is 5.81. The molecular weight excluding hydrogens is 294 g/mol. The molecular formula is C21H30N3+. The predicted octanol–water partition coefficient (Wildman–Crippen LogP) is 4.30. The van der Waals surface area contributed by atoms with Crippen LogP contribution in [0.2, 0.25) is 0 Å². The van der Waals surface area contributed by atoms with E-state index in [0.717, 1.165) is 6.54 Å². The average molecular weight is 324 g/mol. The number of nitrogens with zero attached hydrogens (tertiary/aromatic N) is 3. The van der Waals surface area contributed by atoms with Gasteiger partial charge in [0, 0.05) is 5.56 Å². The maximum atomic E-state index is 4.33. The van der Waals surface area contributed by atoms with Gasteiger partial charge in [-0.3, -0.25) is 0 Å². The summed E-state index contributed by atoms with van der Waals surface area (Å²) in [6.45, 7) is 3.28. The van der Waals surface area contributed by atoms with Crippen LogP contribution in [-0.2, 0) is 25.8 Å². The van der Waals surface area contributed by atoms with Crippen molar-refractivity contribution in [2.75, 3.05) is 0 Å². The summed E-state index contributed by atoms with van der Waals surface area (Å²) in [6.07, 6.45) is 18.8. The smallest absolute Gasteiger partial charge is 0.147 e. The van der Waals surface area contributed by atoms with E-state index >= 15 is 0 Å². The summed E-state index contributed by atoms with van der Waals surface area (Å²) in [6, 6.07) is 2.52. The summed E-state index contributed by atoms with van der Waals surface area (Å²) >= 11 is 0. The molecule has 3 heteroatoms. The average Bonchev–Trinajstić information content (AvgIpc) is 3.18. The van der Waals surface area contributed by atoms with Crippen LogP contribution in [-0.4, -0.2) is 9.67 Å². The fraction of sp³-hybridized carbons (Fsp3) is 0.619. The van der Waals surface area contributed by atoms with Crippen molar-refractivity contribution in [2.45, 2.75) is 84.1 Å². The Balaban J connectivity index is 1.54. The lowest BCUT2D eigenvalue weighted by Crippen LogP contribution is -2.36. The molecule has 1 aromatic carbocycles. The molecule has 1 aliphatic heterocycles. The first-order valence-electron chi connectivity index (χ1n) is 9.97. The van der Waals surface area contributed by atoms with Crippen LogP contribution in [0.3, 0.4) is 0 Å². The Kier molecular flexibility index (Phi) is 4.68. The third kappa shape index (κ3) is 2.89. The number of aryl methyl sites for hydroxylation is 1. The highest BCUT2D eigenvalue weighted by atomic mass is 15.4. The van der Waals surface area contributed by atoms with E-state index in [1.165, 1.54) is 81.9 Å². The number of benzene rings is 1. The minimum atomic E-state index is 0.992. The maximum absolute atomic E-state index is 4.33. The zero-order valence-corrected chi connectivity index (χ0v) is 15.1. The Hall–Kier alpha value is -1.64. The minimum Gasteiger partial charge on any atom is -0.147 e. The minimum absolute atomic E-state index is 0.992. The largest absolute Gasteiger partial charge is 0.307 e. The van der Waals surface area contributed by atoms with E-state index < -0.39 is 0 Å². The van der Waals surface area contributed by atoms with E-state index in [1.54, 1.807) is 16.7 Å². The molecule has 0 bridgehead atoms. The molecule has 0 amide bonds. The highest BCUT2D eigenvalue weighted by Crippen LogP contribution is 2.34. The number of unbranched alkanes of at least 4 members (excludes halogenated alkanes) is 5. The molecule has 0 saturated carbocycles. The van der Waals surface area contributed by atoms with E-state index in [4.69, 9.17) is 0 Å². The van der Waals surface area contributed by atoms with Gasteiger partial charge in [-0.2, -0.15) is 0 Å². The van der Waals surface area contributed by atoms with Gasteiger partial charge in [0.05, 0.1) is 5.69 Å². The number of hydrogen-bond donors (Lipinski definition) is 0. The van der Waals surface area contributed by atoms with Gasteiger partial charge in [0.15, 0.2) is 0 Å². The molecule has 2 heterocycles. The van der Waals surface area contributed by atoms with Crippen LogP contribution in [0.15, 0.2) is 18.7 Å². The third-order valence-electron chi connectivity index (χ3n) is 5.81. The lowest BCUT2D eigenvalue weighted by atomic mass is 9.83. The molecule has 0 radical (unpaired) electrons. The molecule has 1 aromatic heterocycles. The number of aromatic nitrogens is 3. The van der Waals surface area contributed by atoms with Crippen molar-refractivity contribution in [1.82, 2.24) is 9.67 Å². The highest BCUT2D eigenvalue weighted by Gasteiger charge is 2.29. The van der Waals surface area contributed by atoms with E-state index in [0.29, 0.717) is 0 Å². The van der Waals surface area contributed by atoms with Crippen molar-refractivity contribution in [3.05, 3.63) is 41.0 Å². The van der Waals surface area contributed by atoms with Gasteiger partial charge in [0.2, 0.25) is 6.33 Å². The molecule has 0 atom stereocenters. The Morgan fingerprint density at radius 1 is 1.04 bits per heavy atom. The highest BCUT2D eigenvalue weighted by molar-refractivity contribution is 5.56. The zero-order valence-electron chi connectivity index (χ0n) is 15.1. The number of hydrogen-bond acceptors (Lipinski definition) is 1. The van der Waals surface area contributed by atoms with Crippen LogP contribution in [0.4, 0.5) is 0 Å². The fourth-order valence-corrected chi connectivity index (χ4v) is 4.57. The van der Waals surface area contributed by atoms with E-state index in [-0.39, 0.29) is 0 Å². The summed E-state index contributed by atoms with van der Waals surface area (Å²) in [7, 11) is 0. The van der Waals surface area contributed by atoms with Crippen LogP contribution in [0.1, 0.15) is 80.5 Å². The van der Waals surface area contributed by atoms with Gasteiger partial charge in [0.1, 0.15) is 6.54 Å². The molecule has 4 rings (SSSR count). The second-order valence-electron chi connectivity index (χ2n) is 7.55. The van der Waals surface area contributed by atoms with Crippen LogP contribution in [0.25, 0.3) is 5.69 Å². The van der Waals surface area contributed by atoms with Gasteiger partial charge in [-0.15, -0.1) is 9.36 Å². The first kappa shape index (κ1) is 15.9. The Labute approximate surface area is 145 Å². The molecule has 2 aromatic rings. The molecule has 0 saturated heterocycles. The summed E-state index contributed by atoms with van der Waals surface area (Å²) in [4.78, 5) is 4.33. The predicted molar refractivity (Wildman–Crippen MR) is 96.6 cm³/mol. The topological polar surface area (TPSA) is 21.7 Å². The molecule has 1 aliphatic carbocycles. The lowest BCUT2D eigenvalue weighted by molar-refractivity contribution is -0.752. The van der Waals surface area contributed by atoms with Gasteiger partial charge in [-0.25, -0.2) is 0 Å². The van der Waals surface area contributed by atoms with E-state index in [9.17, 15) is 0 Å².